The molecule has 0 unspecified atom stereocenters. The van der Waals surface area contributed by atoms with Crippen molar-refractivity contribution < 1.29 is 24.2 Å². The van der Waals surface area contributed by atoms with E-state index < -0.39 is 17.8 Å². The van der Waals surface area contributed by atoms with Gasteiger partial charge >= 0.3 is 5.97 Å². The number of aliphatic carboxylic acids is 1. The minimum Gasteiger partial charge on any atom is -0.481 e. The zero-order chi connectivity index (χ0) is 14.4. The van der Waals surface area contributed by atoms with Crippen molar-refractivity contribution >= 4 is 11.9 Å². The number of hydrogen-bond acceptors (Lipinski definition) is 4. The van der Waals surface area contributed by atoms with Crippen molar-refractivity contribution in [2.45, 2.75) is 51.1 Å². The Morgan fingerprint density at radius 2 is 1.55 bits per heavy atom. The fourth-order valence-electron chi connectivity index (χ4n) is 3.87. The average Bonchev–Trinajstić information content (AvgIpc) is 2.96. The minimum absolute atomic E-state index is 0.00881. The highest BCUT2D eigenvalue weighted by Crippen LogP contribution is 2.44. The Morgan fingerprint density at radius 1 is 1.00 bits per heavy atom. The summed E-state index contributed by atoms with van der Waals surface area (Å²) in [7, 11) is 0. The van der Waals surface area contributed by atoms with E-state index in [1.165, 1.54) is 0 Å². The first kappa shape index (κ1) is 13.8. The first-order chi connectivity index (χ1) is 9.47. The van der Waals surface area contributed by atoms with Gasteiger partial charge in [-0.25, -0.2) is 0 Å². The molecule has 2 bridgehead atoms. The fraction of sp³-hybridized carbons (Fsp3) is 0.857. The topological polar surface area (TPSA) is 76.1 Å². The number of rotatable bonds is 2. The first-order valence-electron chi connectivity index (χ1n) is 7.30. The summed E-state index contributed by atoms with van der Waals surface area (Å²) >= 11 is 0. The van der Waals surface area contributed by atoms with Crippen molar-refractivity contribution in [1.82, 2.24) is 4.90 Å². The van der Waals surface area contributed by atoms with Crippen LogP contribution in [0.4, 0.5) is 0 Å². The summed E-state index contributed by atoms with van der Waals surface area (Å²) < 4.78 is 11.3. The van der Waals surface area contributed by atoms with Gasteiger partial charge in [0.05, 0.1) is 36.3 Å². The van der Waals surface area contributed by atoms with E-state index in [9.17, 15) is 14.7 Å². The molecule has 0 spiro atoms. The van der Waals surface area contributed by atoms with Crippen molar-refractivity contribution in [3.63, 3.8) is 0 Å². The summed E-state index contributed by atoms with van der Waals surface area (Å²) in [5, 5.41) is 9.38. The standard InChI is InChI=1S/C14H21NO5/c1-7-5-15(6-8(2)19-7)13(16)11-9-3-4-10(20-9)12(11)14(17)18/h7-12H,3-6H2,1-2H3,(H,17,18)/t7-,8-,9+,10+,11-,12+/m1/s1. The highest BCUT2D eigenvalue weighted by Gasteiger charge is 2.56. The van der Waals surface area contributed by atoms with E-state index >= 15 is 0 Å². The molecule has 0 aromatic rings. The molecule has 0 radical (unpaired) electrons. The predicted molar refractivity (Wildman–Crippen MR) is 69.1 cm³/mol. The van der Waals surface area contributed by atoms with E-state index in [1.54, 1.807) is 4.90 Å². The summed E-state index contributed by atoms with van der Waals surface area (Å²) in [6, 6.07) is 0. The fourth-order valence-corrected chi connectivity index (χ4v) is 3.87. The number of carbonyl (C=O) groups excluding carboxylic acids is 1. The van der Waals surface area contributed by atoms with Crippen molar-refractivity contribution in [3.05, 3.63) is 0 Å². The van der Waals surface area contributed by atoms with Gasteiger partial charge in [0.2, 0.25) is 5.91 Å². The largest absolute Gasteiger partial charge is 0.481 e. The molecule has 3 fully saturated rings. The van der Waals surface area contributed by atoms with E-state index in [-0.39, 0.29) is 30.3 Å². The van der Waals surface area contributed by atoms with Crippen molar-refractivity contribution in [2.24, 2.45) is 11.8 Å². The molecule has 0 aromatic carbocycles. The van der Waals surface area contributed by atoms with Crippen LogP contribution in [0.3, 0.4) is 0 Å². The second-order valence-electron chi connectivity index (χ2n) is 6.18. The van der Waals surface area contributed by atoms with E-state index in [4.69, 9.17) is 9.47 Å². The number of carboxylic acids is 1. The van der Waals surface area contributed by atoms with Gasteiger partial charge in [-0.2, -0.15) is 0 Å². The zero-order valence-electron chi connectivity index (χ0n) is 11.8. The highest BCUT2D eigenvalue weighted by molar-refractivity contribution is 5.86. The molecule has 0 saturated carbocycles. The molecule has 1 N–H and O–H groups in total. The Hall–Kier alpha value is -1.14. The van der Waals surface area contributed by atoms with Crippen LogP contribution < -0.4 is 0 Å². The lowest BCUT2D eigenvalue weighted by atomic mass is 9.78. The van der Waals surface area contributed by atoms with Crippen LogP contribution in [-0.4, -0.2) is 59.4 Å². The molecule has 0 aliphatic carbocycles. The number of nitrogens with zero attached hydrogens (tertiary/aromatic N) is 1. The molecule has 3 heterocycles. The Kier molecular flexibility index (Phi) is 3.46. The third kappa shape index (κ3) is 2.20. The van der Waals surface area contributed by atoms with Gasteiger partial charge in [-0.1, -0.05) is 0 Å². The van der Waals surface area contributed by atoms with E-state index in [2.05, 4.69) is 0 Å². The maximum absolute atomic E-state index is 12.7. The monoisotopic (exact) mass is 283 g/mol. The SMILES string of the molecule is C[C@@H]1CN(C(=O)[C@H]2[C@@H](C(=O)O)[C@@H]3CC[C@@H]2O3)C[C@@H](C)O1. The summed E-state index contributed by atoms with van der Waals surface area (Å²) in [5.74, 6) is -2.20. The Morgan fingerprint density at radius 3 is 2.10 bits per heavy atom. The molecule has 112 valence electrons. The molecule has 6 nitrogen and oxygen atoms in total. The number of carboxylic acid groups (broad SMARTS) is 1. The summed E-state index contributed by atoms with van der Waals surface area (Å²) in [4.78, 5) is 25.9. The van der Waals surface area contributed by atoms with Gasteiger partial charge in [0.25, 0.3) is 0 Å². The lowest BCUT2D eigenvalue weighted by molar-refractivity contribution is -0.156. The maximum atomic E-state index is 12.7. The number of hydrogen-bond donors (Lipinski definition) is 1. The Labute approximate surface area is 118 Å². The number of fused-ring (bicyclic) bond motifs is 2. The minimum atomic E-state index is -0.912. The summed E-state index contributed by atoms with van der Waals surface area (Å²) in [5.41, 5.74) is 0. The molecule has 1 amide bonds. The number of ether oxygens (including phenoxy) is 2. The van der Waals surface area contributed by atoms with Crippen molar-refractivity contribution in [2.75, 3.05) is 13.1 Å². The summed E-state index contributed by atoms with van der Waals surface area (Å²) in [6.45, 7) is 4.93. The van der Waals surface area contributed by atoms with Crippen LogP contribution in [0, 0.1) is 11.8 Å². The molecule has 3 aliphatic rings. The Balaban J connectivity index is 1.77. The molecule has 0 aromatic heterocycles. The molecule has 6 heteroatoms. The predicted octanol–water partition coefficient (Wildman–Crippen LogP) is 0.500. The number of morpholine rings is 1. The normalized spacial score (nSPS) is 43.8. The highest BCUT2D eigenvalue weighted by atomic mass is 16.5. The smallest absolute Gasteiger partial charge is 0.310 e. The molecule has 3 aliphatic heterocycles. The van der Waals surface area contributed by atoms with Crippen LogP contribution in [0.15, 0.2) is 0 Å². The number of amides is 1. The molecule has 3 rings (SSSR count). The second kappa shape index (κ2) is 5.00. The quantitative estimate of drug-likeness (QED) is 0.798. The maximum Gasteiger partial charge on any atom is 0.310 e. The lowest BCUT2D eigenvalue weighted by Gasteiger charge is -2.38. The van der Waals surface area contributed by atoms with Crippen LogP contribution in [0.1, 0.15) is 26.7 Å². The molecule has 20 heavy (non-hydrogen) atoms. The molecule has 6 atom stereocenters. The van der Waals surface area contributed by atoms with Crippen LogP contribution in [0.2, 0.25) is 0 Å². The zero-order valence-corrected chi connectivity index (χ0v) is 11.8. The molecule has 3 saturated heterocycles. The summed E-state index contributed by atoms with van der Waals surface area (Å²) in [6.07, 6.45) is 1.02. The lowest BCUT2D eigenvalue weighted by Crippen LogP contribution is -2.53. The van der Waals surface area contributed by atoms with Crippen LogP contribution in [-0.2, 0) is 19.1 Å². The van der Waals surface area contributed by atoms with E-state index in [0.29, 0.717) is 13.1 Å². The van der Waals surface area contributed by atoms with Gasteiger partial charge in [-0.3, -0.25) is 9.59 Å². The van der Waals surface area contributed by atoms with E-state index in [0.717, 1.165) is 12.8 Å². The third-order valence-corrected chi connectivity index (χ3v) is 4.57. The van der Waals surface area contributed by atoms with Gasteiger partial charge in [0.15, 0.2) is 0 Å². The van der Waals surface area contributed by atoms with Crippen LogP contribution in [0.25, 0.3) is 0 Å². The van der Waals surface area contributed by atoms with Gasteiger partial charge in [0, 0.05) is 13.1 Å². The van der Waals surface area contributed by atoms with Gasteiger partial charge < -0.3 is 19.5 Å². The van der Waals surface area contributed by atoms with E-state index in [1.807, 2.05) is 13.8 Å². The third-order valence-electron chi connectivity index (χ3n) is 4.57. The second-order valence-corrected chi connectivity index (χ2v) is 6.18. The van der Waals surface area contributed by atoms with Gasteiger partial charge in [-0.15, -0.1) is 0 Å². The first-order valence-corrected chi connectivity index (χ1v) is 7.30. The molecular weight excluding hydrogens is 262 g/mol. The van der Waals surface area contributed by atoms with Gasteiger partial charge in [0.1, 0.15) is 0 Å². The van der Waals surface area contributed by atoms with Gasteiger partial charge in [-0.05, 0) is 26.7 Å². The van der Waals surface area contributed by atoms with Crippen LogP contribution >= 0.6 is 0 Å². The van der Waals surface area contributed by atoms with Crippen molar-refractivity contribution in [3.8, 4) is 0 Å². The molecular formula is C14H21NO5. The Bertz CT molecular complexity index is 416. The van der Waals surface area contributed by atoms with Crippen molar-refractivity contribution in [1.29, 1.82) is 0 Å². The number of carbonyl (C=O) groups is 2. The van der Waals surface area contributed by atoms with Crippen LogP contribution in [0.5, 0.6) is 0 Å². The average molecular weight is 283 g/mol.